The summed E-state index contributed by atoms with van der Waals surface area (Å²) in [6.07, 6.45) is -3.00. The molecule has 1 amide bonds. The summed E-state index contributed by atoms with van der Waals surface area (Å²) in [6.45, 7) is 1.50. The van der Waals surface area contributed by atoms with E-state index in [-0.39, 0.29) is 16.9 Å². The lowest BCUT2D eigenvalue weighted by Crippen LogP contribution is -2.21. The Balaban J connectivity index is 1.85. The molecule has 0 bridgehead atoms. The number of aryl methyl sites for hydroxylation is 1. The van der Waals surface area contributed by atoms with Crippen LogP contribution < -0.4 is 5.32 Å². The third-order valence-electron chi connectivity index (χ3n) is 3.93. The number of carbonyl (C=O) groups is 1. The van der Waals surface area contributed by atoms with Crippen molar-refractivity contribution in [1.29, 1.82) is 0 Å². The van der Waals surface area contributed by atoms with E-state index in [9.17, 15) is 18.0 Å². The number of rotatable bonds is 4. The Morgan fingerprint density at radius 2 is 2.12 bits per heavy atom. The van der Waals surface area contributed by atoms with Gasteiger partial charge < -0.3 is 5.32 Å². The first kappa shape index (κ1) is 18.3. The van der Waals surface area contributed by atoms with Crippen molar-refractivity contribution in [2.45, 2.75) is 38.4 Å². The van der Waals surface area contributed by atoms with Crippen molar-refractivity contribution >= 4 is 39.1 Å². The average molecular weight is 437 g/mol. The molecule has 0 atom stereocenters. The van der Waals surface area contributed by atoms with Crippen LogP contribution in [0.15, 0.2) is 22.7 Å². The van der Waals surface area contributed by atoms with E-state index in [2.05, 4.69) is 26.3 Å². The van der Waals surface area contributed by atoms with Gasteiger partial charge in [-0.05, 0) is 53.4 Å². The number of hydrogen-bond donors (Lipinski definition) is 1. The highest BCUT2D eigenvalue weighted by Gasteiger charge is 2.41. The van der Waals surface area contributed by atoms with Gasteiger partial charge in [0.1, 0.15) is 6.54 Å². The van der Waals surface area contributed by atoms with Crippen LogP contribution >= 0.6 is 27.5 Å². The van der Waals surface area contributed by atoms with E-state index in [0.29, 0.717) is 16.4 Å². The number of nitrogens with zero attached hydrogens (tertiary/aromatic N) is 2. The number of amides is 1. The maximum absolute atomic E-state index is 13.1. The molecule has 0 spiro atoms. The molecule has 1 saturated carbocycles. The molecule has 25 heavy (non-hydrogen) atoms. The monoisotopic (exact) mass is 435 g/mol. The van der Waals surface area contributed by atoms with E-state index in [1.54, 1.807) is 25.1 Å². The summed E-state index contributed by atoms with van der Waals surface area (Å²) in [5.74, 6) is -0.463. The Kier molecular flexibility index (Phi) is 4.85. The molecule has 9 heteroatoms. The van der Waals surface area contributed by atoms with Crippen LogP contribution in [0, 0.1) is 6.92 Å². The van der Waals surface area contributed by atoms with Gasteiger partial charge in [0.2, 0.25) is 5.91 Å². The van der Waals surface area contributed by atoms with Gasteiger partial charge in [-0.3, -0.25) is 9.48 Å². The fraction of sp³-hybridized carbons (Fsp3) is 0.375. The number of carbonyl (C=O) groups excluding carboxylic acids is 1. The third-order valence-corrected chi connectivity index (χ3v) is 4.95. The van der Waals surface area contributed by atoms with Crippen LogP contribution in [0.3, 0.4) is 0 Å². The van der Waals surface area contributed by atoms with Gasteiger partial charge in [-0.25, -0.2) is 0 Å². The van der Waals surface area contributed by atoms with Crippen LogP contribution in [0.2, 0.25) is 5.02 Å². The summed E-state index contributed by atoms with van der Waals surface area (Å²) in [6, 6.07) is 5.04. The largest absolute Gasteiger partial charge is 0.436 e. The normalized spacial score (nSPS) is 14.6. The fourth-order valence-corrected chi connectivity index (χ4v) is 3.56. The van der Waals surface area contributed by atoms with Crippen molar-refractivity contribution in [3.63, 3.8) is 0 Å². The highest BCUT2D eigenvalue weighted by Crippen LogP contribution is 2.46. The molecule has 1 aliphatic rings. The number of anilines is 1. The van der Waals surface area contributed by atoms with Crippen LogP contribution in [0.5, 0.6) is 0 Å². The lowest BCUT2D eigenvalue weighted by Gasteiger charge is -2.10. The minimum absolute atomic E-state index is 0.00122. The number of halogens is 5. The fourth-order valence-electron chi connectivity index (χ4n) is 2.56. The van der Waals surface area contributed by atoms with Gasteiger partial charge in [-0.15, -0.1) is 0 Å². The SMILES string of the molecule is Cc1ccc(Cl)cc1NC(=O)Cn1nc(C(F)(F)F)c(Br)c1C1CC1. The number of nitrogens with one attached hydrogen (secondary N) is 1. The van der Waals surface area contributed by atoms with E-state index >= 15 is 0 Å². The van der Waals surface area contributed by atoms with Crippen LogP contribution in [0.4, 0.5) is 18.9 Å². The van der Waals surface area contributed by atoms with E-state index in [0.717, 1.165) is 23.1 Å². The third kappa shape index (κ3) is 4.00. The zero-order chi connectivity index (χ0) is 18.4. The molecule has 1 N–H and O–H groups in total. The smallest absolute Gasteiger partial charge is 0.324 e. The first-order chi connectivity index (χ1) is 11.7. The Labute approximate surface area is 155 Å². The molecule has 2 aromatic rings. The molecule has 0 saturated heterocycles. The number of alkyl halides is 3. The summed E-state index contributed by atoms with van der Waals surface area (Å²) in [5, 5.41) is 6.75. The summed E-state index contributed by atoms with van der Waals surface area (Å²) in [7, 11) is 0. The van der Waals surface area contributed by atoms with E-state index in [1.165, 1.54) is 0 Å². The van der Waals surface area contributed by atoms with Gasteiger partial charge in [-0.1, -0.05) is 17.7 Å². The maximum atomic E-state index is 13.1. The summed E-state index contributed by atoms with van der Waals surface area (Å²) in [4.78, 5) is 12.3. The molecule has 4 nitrogen and oxygen atoms in total. The minimum atomic E-state index is -4.58. The molecular formula is C16H14BrClF3N3O. The molecule has 0 radical (unpaired) electrons. The Hall–Kier alpha value is -1.54. The van der Waals surface area contributed by atoms with Crippen LogP contribution in [-0.4, -0.2) is 15.7 Å². The topological polar surface area (TPSA) is 46.9 Å². The second-order valence-electron chi connectivity index (χ2n) is 5.98. The minimum Gasteiger partial charge on any atom is -0.324 e. The van der Waals surface area contributed by atoms with Gasteiger partial charge in [0.15, 0.2) is 5.69 Å². The Morgan fingerprint density at radius 1 is 1.44 bits per heavy atom. The molecular weight excluding hydrogens is 423 g/mol. The zero-order valence-corrected chi connectivity index (χ0v) is 15.5. The number of aromatic nitrogens is 2. The van der Waals surface area contributed by atoms with E-state index in [1.807, 2.05) is 0 Å². The van der Waals surface area contributed by atoms with Gasteiger partial charge >= 0.3 is 6.18 Å². The van der Waals surface area contributed by atoms with Crippen molar-refractivity contribution in [2.24, 2.45) is 0 Å². The molecule has 1 heterocycles. The Bertz CT molecular complexity index is 831. The first-order valence-electron chi connectivity index (χ1n) is 7.56. The van der Waals surface area contributed by atoms with E-state index < -0.39 is 17.8 Å². The summed E-state index contributed by atoms with van der Waals surface area (Å²) in [5.41, 5.74) is 0.747. The van der Waals surface area contributed by atoms with Crippen molar-refractivity contribution in [3.8, 4) is 0 Å². The van der Waals surface area contributed by atoms with Crippen LogP contribution in [0.1, 0.15) is 35.7 Å². The predicted molar refractivity (Wildman–Crippen MR) is 91.7 cm³/mol. The van der Waals surface area contributed by atoms with Gasteiger partial charge in [0.05, 0.1) is 10.2 Å². The lowest BCUT2D eigenvalue weighted by molar-refractivity contribution is -0.142. The standard InChI is InChI=1S/C16H14BrClF3N3O/c1-8-2-5-10(18)6-11(8)22-12(25)7-24-14(9-3-4-9)13(17)15(23-24)16(19,20)21/h2,5-6,9H,3-4,7H2,1H3,(H,22,25). The number of benzene rings is 1. The maximum Gasteiger partial charge on any atom is 0.436 e. The van der Waals surface area contributed by atoms with Crippen molar-refractivity contribution in [1.82, 2.24) is 9.78 Å². The van der Waals surface area contributed by atoms with Crippen molar-refractivity contribution < 1.29 is 18.0 Å². The molecule has 0 aliphatic heterocycles. The highest BCUT2D eigenvalue weighted by atomic mass is 79.9. The summed E-state index contributed by atoms with van der Waals surface area (Å²) < 4.78 is 40.3. The molecule has 1 fully saturated rings. The molecule has 1 aromatic heterocycles. The van der Waals surface area contributed by atoms with E-state index in [4.69, 9.17) is 11.6 Å². The molecule has 1 aromatic carbocycles. The van der Waals surface area contributed by atoms with Gasteiger partial charge in [-0.2, -0.15) is 18.3 Å². The molecule has 3 rings (SSSR count). The molecule has 0 unspecified atom stereocenters. The predicted octanol–water partition coefficient (Wildman–Crippen LogP) is 5.14. The number of hydrogen-bond acceptors (Lipinski definition) is 2. The highest BCUT2D eigenvalue weighted by molar-refractivity contribution is 9.10. The van der Waals surface area contributed by atoms with Crippen molar-refractivity contribution in [2.75, 3.05) is 5.32 Å². The van der Waals surface area contributed by atoms with Crippen molar-refractivity contribution in [3.05, 3.63) is 44.6 Å². The van der Waals surface area contributed by atoms with Gasteiger partial charge in [0.25, 0.3) is 0 Å². The van der Waals surface area contributed by atoms with Gasteiger partial charge in [0, 0.05) is 16.6 Å². The zero-order valence-electron chi connectivity index (χ0n) is 13.1. The van der Waals surface area contributed by atoms with Crippen LogP contribution in [-0.2, 0) is 17.5 Å². The lowest BCUT2D eigenvalue weighted by atomic mass is 10.2. The average Bonchev–Trinajstić information content (AvgIpc) is 3.26. The second kappa shape index (κ2) is 6.64. The quantitative estimate of drug-likeness (QED) is 0.721. The Morgan fingerprint density at radius 3 is 2.72 bits per heavy atom. The summed E-state index contributed by atoms with van der Waals surface area (Å²) >= 11 is 8.91. The van der Waals surface area contributed by atoms with Crippen LogP contribution in [0.25, 0.3) is 0 Å². The molecule has 134 valence electrons. The first-order valence-corrected chi connectivity index (χ1v) is 8.73. The second-order valence-corrected chi connectivity index (χ2v) is 7.21. The molecule has 1 aliphatic carbocycles.